The zero-order chi connectivity index (χ0) is 18.9. The van der Waals surface area contributed by atoms with Crippen LogP contribution in [0.25, 0.3) is 0 Å². The van der Waals surface area contributed by atoms with Gasteiger partial charge in [0.25, 0.3) is 5.91 Å². The van der Waals surface area contributed by atoms with Gasteiger partial charge >= 0.3 is 0 Å². The summed E-state index contributed by atoms with van der Waals surface area (Å²) in [7, 11) is 0. The van der Waals surface area contributed by atoms with Crippen LogP contribution in [0.1, 0.15) is 19.8 Å². The fraction of sp³-hybridized carbons (Fsp3) is 0.471. The third kappa shape index (κ3) is 5.99. The van der Waals surface area contributed by atoms with Crippen LogP contribution in [-0.4, -0.2) is 55.0 Å². The fourth-order valence-corrected chi connectivity index (χ4v) is 2.27. The van der Waals surface area contributed by atoms with Gasteiger partial charge in [-0.1, -0.05) is 12.1 Å². The van der Waals surface area contributed by atoms with Gasteiger partial charge in [0, 0.05) is 25.9 Å². The van der Waals surface area contributed by atoms with Gasteiger partial charge in [0.2, 0.25) is 11.8 Å². The molecule has 1 aromatic carbocycles. The molecule has 9 heteroatoms. The Morgan fingerprint density at radius 2 is 1.88 bits per heavy atom. The topological polar surface area (TPSA) is 97.0 Å². The number of benzene rings is 1. The van der Waals surface area contributed by atoms with E-state index in [0.717, 1.165) is 0 Å². The average Bonchev–Trinajstić information content (AvgIpc) is 2.66. The second-order valence-corrected chi connectivity index (χ2v) is 5.72. The molecule has 0 saturated carbocycles. The molecule has 1 aliphatic heterocycles. The lowest BCUT2D eigenvalue weighted by Crippen LogP contribution is -2.47. The number of ether oxygens (including phenoxy) is 2. The number of hydrogen-bond donors (Lipinski definition) is 2. The summed E-state index contributed by atoms with van der Waals surface area (Å²) in [4.78, 5) is 37.2. The van der Waals surface area contributed by atoms with E-state index in [2.05, 4.69) is 10.9 Å². The molecule has 0 bridgehead atoms. The third-order valence-corrected chi connectivity index (χ3v) is 3.76. The van der Waals surface area contributed by atoms with Crippen molar-refractivity contribution in [1.29, 1.82) is 0 Å². The molecule has 1 heterocycles. The molecule has 1 fully saturated rings. The summed E-state index contributed by atoms with van der Waals surface area (Å²) in [6, 6.07) is 5.70. The zero-order valence-electron chi connectivity index (χ0n) is 14.5. The lowest BCUT2D eigenvalue weighted by Gasteiger charge is -2.26. The molecule has 1 aliphatic rings. The molecular weight excluding hydrogens is 345 g/mol. The average molecular weight is 367 g/mol. The molecule has 2 N–H and O–H groups in total. The Morgan fingerprint density at radius 3 is 2.58 bits per heavy atom. The van der Waals surface area contributed by atoms with Gasteiger partial charge in [-0.15, -0.1) is 0 Å². The van der Waals surface area contributed by atoms with Gasteiger partial charge in [-0.3, -0.25) is 25.2 Å². The molecule has 0 aliphatic carbocycles. The van der Waals surface area contributed by atoms with E-state index >= 15 is 0 Å². The summed E-state index contributed by atoms with van der Waals surface area (Å²) in [5, 5.41) is 0. The Labute approximate surface area is 150 Å². The number of hydrazine groups is 1. The van der Waals surface area contributed by atoms with Crippen molar-refractivity contribution in [2.75, 3.05) is 26.3 Å². The highest BCUT2D eigenvalue weighted by atomic mass is 19.1. The number of nitrogens with one attached hydrogen (secondary N) is 2. The zero-order valence-corrected chi connectivity index (χ0v) is 14.5. The number of halogens is 1. The fourth-order valence-electron chi connectivity index (χ4n) is 2.27. The highest BCUT2D eigenvalue weighted by Gasteiger charge is 2.19. The predicted octanol–water partition coefficient (Wildman–Crippen LogP) is 0.379. The number of carbonyl (C=O) groups is 3. The minimum atomic E-state index is -1.01. The maximum atomic E-state index is 13.5. The largest absolute Gasteiger partial charge is 0.478 e. The minimum Gasteiger partial charge on any atom is -0.478 e. The van der Waals surface area contributed by atoms with Crippen LogP contribution in [0.2, 0.25) is 0 Å². The van der Waals surface area contributed by atoms with Gasteiger partial charge in [-0.2, -0.15) is 0 Å². The summed E-state index contributed by atoms with van der Waals surface area (Å²) in [6.45, 7) is 3.45. The standard InChI is InChI=1S/C17H22FN3O5/c1-12(26-14-5-3-2-4-13(14)18)17(24)20-19-15(22)6-7-16(23)21-8-10-25-11-9-21/h2-5,12H,6-11H2,1H3,(H,19,22)(H,20,24)/t12-/m0/s1. The van der Waals surface area contributed by atoms with E-state index in [4.69, 9.17) is 9.47 Å². The van der Waals surface area contributed by atoms with Crippen molar-refractivity contribution in [2.45, 2.75) is 25.9 Å². The van der Waals surface area contributed by atoms with Crippen LogP contribution in [0.5, 0.6) is 5.75 Å². The van der Waals surface area contributed by atoms with E-state index in [1.165, 1.54) is 25.1 Å². The molecule has 1 aromatic rings. The highest BCUT2D eigenvalue weighted by Crippen LogP contribution is 2.16. The number of para-hydroxylation sites is 1. The van der Waals surface area contributed by atoms with E-state index < -0.39 is 23.7 Å². The van der Waals surface area contributed by atoms with E-state index in [1.807, 2.05) is 0 Å². The Morgan fingerprint density at radius 1 is 1.19 bits per heavy atom. The van der Waals surface area contributed by atoms with Crippen molar-refractivity contribution in [3.05, 3.63) is 30.1 Å². The first-order valence-corrected chi connectivity index (χ1v) is 8.33. The van der Waals surface area contributed by atoms with Gasteiger partial charge in [-0.05, 0) is 19.1 Å². The van der Waals surface area contributed by atoms with Crippen molar-refractivity contribution >= 4 is 17.7 Å². The first kappa shape index (κ1) is 19.6. The summed E-state index contributed by atoms with van der Waals surface area (Å²) >= 11 is 0. The molecule has 8 nitrogen and oxygen atoms in total. The summed E-state index contributed by atoms with van der Waals surface area (Å²) < 4.78 is 23.8. The SMILES string of the molecule is C[C@H](Oc1ccccc1F)C(=O)NNC(=O)CCC(=O)N1CCOCC1. The molecule has 1 saturated heterocycles. The van der Waals surface area contributed by atoms with Crippen molar-refractivity contribution in [1.82, 2.24) is 15.8 Å². The lowest BCUT2D eigenvalue weighted by atomic mass is 10.2. The molecule has 3 amide bonds. The molecule has 0 unspecified atom stereocenters. The van der Waals surface area contributed by atoms with Crippen LogP contribution in [0.4, 0.5) is 4.39 Å². The molecule has 2 rings (SSSR count). The van der Waals surface area contributed by atoms with E-state index in [9.17, 15) is 18.8 Å². The number of morpholine rings is 1. The van der Waals surface area contributed by atoms with Crippen molar-refractivity contribution in [2.24, 2.45) is 0 Å². The number of nitrogens with zero attached hydrogens (tertiary/aromatic N) is 1. The third-order valence-electron chi connectivity index (χ3n) is 3.76. The van der Waals surface area contributed by atoms with E-state index in [1.54, 1.807) is 11.0 Å². The van der Waals surface area contributed by atoms with Crippen LogP contribution in [0, 0.1) is 5.82 Å². The Hall–Kier alpha value is -2.68. The summed E-state index contributed by atoms with van der Waals surface area (Å²) in [5.74, 6) is -1.92. The number of rotatable bonds is 6. The molecule has 26 heavy (non-hydrogen) atoms. The molecular formula is C17H22FN3O5. The van der Waals surface area contributed by atoms with Crippen LogP contribution >= 0.6 is 0 Å². The molecule has 0 aromatic heterocycles. The first-order chi connectivity index (χ1) is 12.5. The summed E-state index contributed by atoms with van der Waals surface area (Å²) in [5.41, 5.74) is 4.41. The molecule has 0 radical (unpaired) electrons. The van der Waals surface area contributed by atoms with Gasteiger partial charge in [0.1, 0.15) is 0 Å². The quantitative estimate of drug-likeness (QED) is 0.709. The van der Waals surface area contributed by atoms with Crippen molar-refractivity contribution in [3.8, 4) is 5.75 Å². The maximum Gasteiger partial charge on any atom is 0.279 e. The van der Waals surface area contributed by atoms with Crippen molar-refractivity contribution in [3.63, 3.8) is 0 Å². The van der Waals surface area contributed by atoms with Crippen molar-refractivity contribution < 1.29 is 28.2 Å². The van der Waals surface area contributed by atoms with Gasteiger partial charge in [-0.25, -0.2) is 4.39 Å². The molecule has 1 atom stereocenters. The van der Waals surface area contributed by atoms with E-state index in [-0.39, 0.29) is 24.5 Å². The Bertz CT molecular complexity index is 649. The number of carbonyl (C=O) groups excluding carboxylic acids is 3. The van der Waals surface area contributed by atoms with Crippen LogP contribution in [-0.2, 0) is 19.1 Å². The lowest BCUT2D eigenvalue weighted by molar-refractivity contribution is -0.137. The van der Waals surface area contributed by atoms with Gasteiger partial charge < -0.3 is 14.4 Å². The normalized spacial score (nSPS) is 15.1. The highest BCUT2D eigenvalue weighted by molar-refractivity contribution is 5.87. The smallest absolute Gasteiger partial charge is 0.279 e. The molecule has 142 valence electrons. The second kappa shape index (κ2) is 9.71. The van der Waals surface area contributed by atoms with Crippen LogP contribution < -0.4 is 15.6 Å². The van der Waals surface area contributed by atoms with Gasteiger partial charge in [0.05, 0.1) is 13.2 Å². The van der Waals surface area contributed by atoms with Crippen LogP contribution in [0.15, 0.2) is 24.3 Å². The second-order valence-electron chi connectivity index (χ2n) is 5.72. The first-order valence-electron chi connectivity index (χ1n) is 8.33. The Kier molecular flexibility index (Phi) is 7.34. The summed E-state index contributed by atoms with van der Waals surface area (Å²) in [6.07, 6.45) is -1.02. The predicted molar refractivity (Wildman–Crippen MR) is 89.4 cm³/mol. The van der Waals surface area contributed by atoms with Crippen LogP contribution in [0.3, 0.4) is 0 Å². The minimum absolute atomic E-state index is 0.0446. The van der Waals surface area contributed by atoms with E-state index in [0.29, 0.717) is 26.3 Å². The number of hydrogen-bond acceptors (Lipinski definition) is 5. The Balaban J connectivity index is 1.68. The number of amides is 3. The van der Waals surface area contributed by atoms with Gasteiger partial charge in [0.15, 0.2) is 17.7 Å². The molecule has 0 spiro atoms. The monoisotopic (exact) mass is 367 g/mol. The maximum absolute atomic E-state index is 13.5.